The van der Waals surface area contributed by atoms with Crippen molar-refractivity contribution in [1.29, 1.82) is 0 Å². The first-order valence-corrected chi connectivity index (χ1v) is 17.6. The van der Waals surface area contributed by atoms with E-state index in [0.717, 1.165) is 43.9 Å². The quantitative estimate of drug-likeness (QED) is 0.269. The molecule has 5 heterocycles. The van der Waals surface area contributed by atoms with Crippen LogP contribution in [-0.4, -0.2) is 91.9 Å². The van der Waals surface area contributed by atoms with E-state index in [9.17, 15) is 27.9 Å². The van der Waals surface area contributed by atoms with Gasteiger partial charge in [-0.05, 0) is 44.4 Å². The molecule has 0 spiro atoms. The number of anilines is 4. The van der Waals surface area contributed by atoms with E-state index in [0.29, 0.717) is 75.4 Å². The highest BCUT2D eigenvalue weighted by atomic mass is 35.5. The van der Waals surface area contributed by atoms with Crippen molar-refractivity contribution in [1.82, 2.24) is 28.9 Å². The minimum Gasteiger partial charge on any atom is -0.492 e. The van der Waals surface area contributed by atoms with Crippen LogP contribution in [0.15, 0.2) is 29.2 Å². The lowest BCUT2D eigenvalue weighted by Gasteiger charge is -2.42. The summed E-state index contributed by atoms with van der Waals surface area (Å²) in [6.45, 7) is 6.93. The molecule has 3 fully saturated rings. The summed E-state index contributed by atoms with van der Waals surface area (Å²) in [4.78, 5) is 38.6. The van der Waals surface area contributed by atoms with Gasteiger partial charge in [-0.15, -0.1) is 5.10 Å². The zero-order chi connectivity index (χ0) is 36.0. The van der Waals surface area contributed by atoms with Crippen LogP contribution in [0.3, 0.4) is 0 Å². The Morgan fingerprint density at radius 1 is 1.12 bits per heavy atom. The number of piperazine rings is 1. The summed E-state index contributed by atoms with van der Waals surface area (Å²) >= 11 is 6.15. The van der Waals surface area contributed by atoms with Crippen LogP contribution in [0.25, 0.3) is 5.78 Å². The SMILES string of the molecule is CCc1c(N2CCN(c3cnn(C4CCCC4)c3O)[C@H](C)C2)c(=O)n2nc(N3CCOCC3)nc2n1CC(=O)Nc1ccc(C(F)(F)F)cc1Cl. The van der Waals surface area contributed by atoms with Crippen LogP contribution < -0.4 is 25.6 Å². The van der Waals surface area contributed by atoms with Gasteiger partial charge in [0.25, 0.3) is 5.56 Å². The predicted molar refractivity (Wildman–Crippen MR) is 185 cm³/mol. The molecule has 0 bridgehead atoms. The molecule has 1 saturated carbocycles. The highest BCUT2D eigenvalue weighted by Gasteiger charge is 2.34. The van der Waals surface area contributed by atoms with E-state index in [1.165, 1.54) is 4.52 Å². The molecule has 1 aliphatic carbocycles. The number of aromatic hydroxyl groups is 1. The number of aromatic nitrogens is 6. The number of alkyl halides is 3. The van der Waals surface area contributed by atoms with Crippen LogP contribution in [0.1, 0.15) is 56.8 Å². The monoisotopic (exact) mass is 732 g/mol. The molecule has 0 radical (unpaired) electrons. The normalized spacial score (nSPS) is 19.0. The molecule has 4 aromatic rings. The third kappa shape index (κ3) is 6.68. The van der Waals surface area contributed by atoms with Gasteiger partial charge in [-0.1, -0.05) is 31.4 Å². The van der Waals surface area contributed by atoms with Crippen molar-refractivity contribution in [3.63, 3.8) is 0 Å². The van der Waals surface area contributed by atoms with Gasteiger partial charge >= 0.3 is 6.18 Å². The van der Waals surface area contributed by atoms with E-state index < -0.39 is 17.6 Å². The average molecular weight is 733 g/mol. The number of carbonyl (C=O) groups excluding carboxylic acids is 1. The number of rotatable bonds is 8. The van der Waals surface area contributed by atoms with Gasteiger partial charge in [0, 0.05) is 38.8 Å². The van der Waals surface area contributed by atoms with E-state index in [4.69, 9.17) is 21.3 Å². The van der Waals surface area contributed by atoms with Gasteiger partial charge in [0.2, 0.25) is 23.5 Å². The fourth-order valence-corrected chi connectivity index (χ4v) is 7.65. The summed E-state index contributed by atoms with van der Waals surface area (Å²) < 4.78 is 49.7. The third-order valence-corrected chi connectivity index (χ3v) is 10.3. The van der Waals surface area contributed by atoms with Crippen molar-refractivity contribution >= 4 is 46.3 Å². The van der Waals surface area contributed by atoms with Gasteiger partial charge in [0.1, 0.15) is 17.9 Å². The van der Waals surface area contributed by atoms with Gasteiger partial charge in [0.05, 0.1) is 47.4 Å². The van der Waals surface area contributed by atoms with Crippen LogP contribution in [0.5, 0.6) is 5.88 Å². The first-order valence-electron chi connectivity index (χ1n) is 17.2. The van der Waals surface area contributed by atoms with E-state index >= 15 is 0 Å². The van der Waals surface area contributed by atoms with Crippen LogP contribution in [0, 0.1) is 0 Å². The topological polar surface area (TPSA) is 138 Å². The Morgan fingerprint density at radius 3 is 2.53 bits per heavy atom. The highest BCUT2D eigenvalue weighted by molar-refractivity contribution is 6.33. The van der Waals surface area contributed by atoms with Crippen molar-refractivity contribution in [2.24, 2.45) is 0 Å². The number of nitrogens with one attached hydrogen (secondary N) is 1. The number of nitrogens with zero attached hydrogens (tertiary/aromatic N) is 9. The molecule has 1 atom stereocenters. The Hall–Kier alpha value is -4.51. The molecule has 3 aromatic heterocycles. The summed E-state index contributed by atoms with van der Waals surface area (Å²) in [5, 5.41) is 22.6. The number of morpholine rings is 1. The summed E-state index contributed by atoms with van der Waals surface area (Å²) in [7, 11) is 0. The van der Waals surface area contributed by atoms with E-state index in [-0.39, 0.29) is 46.6 Å². The van der Waals surface area contributed by atoms with Crippen molar-refractivity contribution < 1.29 is 27.8 Å². The lowest BCUT2D eigenvalue weighted by Crippen LogP contribution is -2.54. The molecule has 18 heteroatoms. The predicted octanol–water partition coefficient (Wildman–Crippen LogP) is 4.33. The molecule has 1 amide bonds. The largest absolute Gasteiger partial charge is 0.492 e. The lowest BCUT2D eigenvalue weighted by molar-refractivity contribution is -0.137. The Morgan fingerprint density at radius 2 is 1.86 bits per heavy atom. The molecule has 2 aliphatic heterocycles. The molecular weight excluding hydrogens is 693 g/mol. The number of halogens is 4. The number of hydrogen-bond donors (Lipinski definition) is 2. The van der Waals surface area contributed by atoms with Crippen molar-refractivity contribution in [2.75, 3.05) is 66.0 Å². The smallest absolute Gasteiger partial charge is 0.416 e. The molecule has 14 nitrogen and oxygen atoms in total. The van der Waals surface area contributed by atoms with E-state index in [1.807, 2.05) is 23.6 Å². The molecular formula is C33H40ClF3N10O4. The van der Waals surface area contributed by atoms with E-state index in [1.54, 1.807) is 15.4 Å². The van der Waals surface area contributed by atoms with Crippen molar-refractivity contribution in [2.45, 2.75) is 70.8 Å². The molecule has 3 aliphatic rings. The van der Waals surface area contributed by atoms with Gasteiger partial charge < -0.3 is 34.4 Å². The van der Waals surface area contributed by atoms with Crippen molar-refractivity contribution in [3.8, 4) is 5.88 Å². The second-order valence-corrected chi connectivity index (χ2v) is 13.6. The van der Waals surface area contributed by atoms with Crippen LogP contribution in [0.4, 0.5) is 36.2 Å². The molecule has 1 aromatic carbocycles. The first-order chi connectivity index (χ1) is 24.4. The maximum absolute atomic E-state index is 14.3. The minimum atomic E-state index is -4.59. The fourth-order valence-electron chi connectivity index (χ4n) is 7.43. The van der Waals surface area contributed by atoms with Gasteiger partial charge in [-0.2, -0.15) is 27.8 Å². The number of ether oxygens (including phenoxy) is 1. The second kappa shape index (κ2) is 13.9. The number of fused-ring (bicyclic) bond motifs is 1. The summed E-state index contributed by atoms with van der Waals surface area (Å²) in [5.41, 5.74) is 0.291. The lowest BCUT2D eigenvalue weighted by atomic mass is 10.1. The number of amides is 1. The zero-order valence-corrected chi connectivity index (χ0v) is 29.1. The molecule has 7 rings (SSSR count). The first kappa shape index (κ1) is 34.9. The maximum atomic E-state index is 14.3. The number of carbonyl (C=O) groups is 1. The maximum Gasteiger partial charge on any atom is 0.416 e. The molecule has 2 saturated heterocycles. The van der Waals surface area contributed by atoms with E-state index in [2.05, 4.69) is 20.4 Å². The molecule has 2 N–H and O–H groups in total. The summed E-state index contributed by atoms with van der Waals surface area (Å²) in [5.74, 6) is 0.0542. The second-order valence-electron chi connectivity index (χ2n) is 13.2. The Bertz CT molecular complexity index is 1980. The van der Waals surface area contributed by atoms with Gasteiger partial charge in [-0.25, -0.2) is 4.68 Å². The van der Waals surface area contributed by atoms with Gasteiger partial charge in [-0.3, -0.25) is 9.59 Å². The summed E-state index contributed by atoms with van der Waals surface area (Å²) in [6.07, 6.45) is 1.67. The number of hydrogen-bond acceptors (Lipinski definition) is 10. The molecule has 51 heavy (non-hydrogen) atoms. The van der Waals surface area contributed by atoms with Crippen LogP contribution in [-0.2, 0) is 28.7 Å². The zero-order valence-electron chi connectivity index (χ0n) is 28.4. The van der Waals surface area contributed by atoms with Crippen LogP contribution >= 0.6 is 11.6 Å². The number of benzene rings is 1. The van der Waals surface area contributed by atoms with Crippen LogP contribution in [0.2, 0.25) is 5.02 Å². The van der Waals surface area contributed by atoms with Crippen molar-refractivity contribution in [3.05, 3.63) is 51.0 Å². The Labute approximate surface area is 296 Å². The Balaban J connectivity index is 1.22. The standard InChI is InChI=1S/C33H40ClF3N10O4/c1-3-25-28(43-10-11-44(20(2)18-43)26-17-38-46(29(26)49)22-6-4-5-7-22)30(50)47-32(40-31(41-47)42-12-14-51-15-13-42)45(25)19-27(48)39-24-9-8-21(16-23(24)34)33(35,36)37/h8-9,16-17,20,22,49H,3-7,10-15,18-19H2,1-2H3,(H,39,48)/t20-/m1/s1. The average Bonchev–Trinajstić information content (AvgIpc) is 3.87. The van der Waals surface area contributed by atoms with Gasteiger partial charge in [0.15, 0.2) is 0 Å². The third-order valence-electron chi connectivity index (χ3n) is 9.99. The molecule has 0 unspecified atom stereocenters. The molecule has 274 valence electrons. The highest BCUT2D eigenvalue weighted by Crippen LogP contribution is 2.38. The summed E-state index contributed by atoms with van der Waals surface area (Å²) in [6, 6.07) is 2.79. The Kier molecular flexibility index (Phi) is 9.52. The minimum absolute atomic E-state index is 0.0185. The fraction of sp³-hybridized carbons (Fsp3) is 0.545.